The van der Waals surface area contributed by atoms with Gasteiger partial charge >= 0.3 is 0 Å². The van der Waals surface area contributed by atoms with Crippen LogP contribution >= 0.6 is 0 Å². The topological polar surface area (TPSA) is 52.6 Å². The van der Waals surface area contributed by atoms with Crippen LogP contribution in [0.15, 0.2) is 0 Å². The number of amides is 2. The molecule has 2 unspecified atom stereocenters. The Balaban J connectivity index is 2.05. The van der Waals surface area contributed by atoms with Crippen LogP contribution < -0.4 is 5.32 Å². The summed E-state index contributed by atoms with van der Waals surface area (Å²) in [7, 11) is 0. The maximum absolute atomic E-state index is 12.3. The molecule has 2 aliphatic rings. The monoisotopic (exact) mass is 253 g/mol. The molecular weight excluding hydrogens is 230 g/mol. The summed E-state index contributed by atoms with van der Waals surface area (Å²) in [6, 6.07) is -0.0987. The van der Waals surface area contributed by atoms with Crippen molar-refractivity contribution in [2.45, 2.75) is 45.2 Å². The predicted molar refractivity (Wildman–Crippen MR) is 69.1 cm³/mol. The highest BCUT2D eigenvalue weighted by atomic mass is 16.2. The Bertz CT molecular complexity index is 332. The molecule has 0 aromatic carbocycles. The zero-order valence-electron chi connectivity index (χ0n) is 11.3. The van der Waals surface area contributed by atoms with E-state index in [1.54, 1.807) is 6.92 Å². The zero-order valence-corrected chi connectivity index (χ0v) is 11.3. The van der Waals surface area contributed by atoms with Crippen molar-refractivity contribution in [1.29, 1.82) is 0 Å². The molecule has 2 heterocycles. The van der Waals surface area contributed by atoms with Crippen molar-refractivity contribution in [1.82, 2.24) is 15.1 Å². The first kappa shape index (κ1) is 13.3. The fraction of sp³-hybridized carbons (Fsp3) is 0.846. The molecule has 0 radical (unpaired) electrons. The smallest absolute Gasteiger partial charge is 0.245 e. The van der Waals surface area contributed by atoms with Gasteiger partial charge in [0, 0.05) is 25.6 Å². The van der Waals surface area contributed by atoms with Crippen LogP contribution in [0.25, 0.3) is 0 Å². The van der Waals surface area contributed by atoms with Gasteiger partial charge in [-0.2, -0.15) is 0 Å². The highest BCUT2D eigenvalue weighted by Gasteiger charge is 2.33. The molecule has 5 nitrogen and oxygen atoms in total. The fourth-order valence-corrected chi connectivity index (χ4v) is 2.89. The van der Waals surface area contributed by atoms with Crippen molar-refractivity contribution < 1.29 is 9.59 Å². The lowest BCUT2D eigenvalue weighted by atomic mass is 10.0. The number of nitrogens with one attached hydrogen (secondary N) is 1. The van der Waals surface area contributed by atoms with Crippen molar-refractivity contribution in [2.75, 3.05) is 26.2 Å². The van der Waals surface area contributed by atoms with Gasteiger partial charge in [-0.25, -0.2) is 0 Å². The van der Waals surface area contributed by atoms with E-state index in [9.17, 15) is 9.59 Å². The second-order valence-electron chi connectivity index (χ2n) is 5.26. The van der Waals surface area contributed by atoms with E-state index in [2.05, 4.69) is 17.1 Å². The van der Waals surface area contributed by atoms with Gasteiger partial charge in [0.2, 0.25) is 11.8 Å². The Morgan fingerprint density at radius 2 is 2.11 bits per heavy atom. The predicted octanol–water partition coefficient (Wildman–Crippen LogP) is 0.208. The number of hydrogen-bond donors (Lipinski definition) is 1. The van der Waals surface area contributed by atoms with E-state index in [1.807, 2.05) is 4.90 Å². The Hall–Kier alpha value is -1.10. The lowest BCUT2D eigenvalue weighted by Gasteiger charge is -2.39. The van der Waals surface area contributed by atoms with Crippen molar-refractivity contribution in [2.24, 2.45) is 0 Å². The van der Waals surface area contributed by atoms with E-state index in [1.165, 1.54) is 0 Å². The fourth-order valence-electron chi connectivity index (χ4n) is 2.89. The summed E-state index contributed by atoms with van der Waals surface area (Å²) in [6.07, 6.45) is 2.62. The SMILES string of the molecule is CCN1CCCC(N2CCC(=O)NC(C)C2=O)C1. The number of carbonyl (C=O) groups is 2. The van der Waals surface area contributed by atoms with Gasteiger partial charge in [0.25, 0.3) is 0 Å². The second-order valence-corrected chi connectivity index (χ2v) is 5.26. The Morgan fingerprint density at radius 3 is 2.83 bits per heavy atom. The largest absolute Gasteiger partial charge is 0.345 e. The molecule has 102 valence electrons. The standard InChI is InChI=1S/C13H23N3O2/c1-3-15-7-4-5-11(9-15)16-8-6-12(17)14-10(2)13(16)18/h10-11H,3-9H2,1-2H3,(H,14,17). The summed E-state index contributed by atoms with van der Waals surface area (Å²) in [5.74, 6) is 0.0605. The summed E-state index contributed by atoms with van der Waals surface area (Å²) in [4.78, 5) is 28.1. The first-order valence-corrected chi connectivity index (χ1v) is 6.94. The van der Waals surface area contributed by atoms with Gasteiger partial charge in [-0.15, -0.1) is 0 Å². The van der Waals surface area contributed by atoms with Crippen LogP contribution in [0.1, 0.15) is 33.1 Å². The minimum absolute atomic E-state index is 0.0125. The molecule has 2 fully saturated rings. The van der Waals surface area contributed by atoms with Gasteiger partial charge in [-0.3, -0.25) is 9.59 Å². The van der Waals surface area contributed by atoms with Crippen molar-refractivity contribution in [3.63, 3.8) is 0 Å². The number of carbonyl (C=O) groups excluding carboxylic acids is 2. The van der Waals surface area contributed by atoms with Crippen LogP contribution in [0, 0.1) is 0 Å². The molecular formula is C13H23N3O2. The van der Waals surface area contributed by atoms with Gasteiger partial charge in [0.1, 0.15) is 6.04 Å². The zero-order chi connectivity index (χ0) is 13.1. The minimum atomic E-state index is -0.378. The van der Waals surface area contributed by atoms with Crippen LogP contribution in [-0.4, -0.2) is 59.9 Å². The van der Waals surface area contributed by atoms with Crippen molar-refractivity contribution in [3.05, 3.63) is 0 Å². The van der Waals surface area contributed by atoms with Crippen LogP contribution in [0.5, 0.6) is 0 Å². The van der Waals surface area contributed by atoms with Gasteiger partial charge in [-0.1, -0.05) is 6.92 Å². The van der Waals surface area contributed by atoms with Crippen molar-refractivity contribution in [3.8, 4) is 0 Å². The molecule has 2 aliphatic heterocycles. The lowest BCUT2D eigenvalue weighted by molar-refractivity contribution is -0.136. The number of piperidine rings is 1. The van der Waals surface area contributed by atoms with E-state index < -0.39 is 0 Å². The summed E-state index contributed by atoms with van der Waals surface area (Å²) < 4.78 is 0. The maximum atomic E-state index is 12.3. The first-order chi connectivity index (χ1) is 8.61. The van der Waals surface area contributed by atoms with Gasteiger partial charge in [0.05, 0.1) is 0 Å². The van der Waals surface area contributed by atoms with E-state index in [0.717, 1.165) is 32.5 Å². The first-order valence-electron chi connectivity index (χ1n) is 6.94. The molecule has 1 N–H and O–H groups in total. The van der Waals surface area contributed by atoms with E-state index in [-0.39, 0.29) is 23.9 Å². The highest BCUT2D eigenvalue weighted by Crippen LogP contribution is 2.18. The second kappa shape index (κ2) is 5.69. The van der Waals surface area contributed by atoms with E-state index >= 15 is 0 Å². The Labute approximate surface area is 108 Å². The minimum Gasteiger partial charge on any atom is -0.345 e. The van der Waals surface area contributed by atoms with Crippen LogP contribution in [0.4, 0.5) is 0 Å². The molecule has 18 heavy (non-hydrogen) atoms. The molecule has 0 aliphatic carbocycles. The molecule has 2 saturated heterocycles. The van der Waals surface area contributed by atoms with Crippen LogP contribution in [0.3, 0.4) is 0 Å². The molecule has 5 heteroatoms. The van der Waals surface area contributed by atoms with Crippen molar-refractivity contribution >= 4 is 11.8 Å². The average Bonchev–Trinajstić information content (AvgIpc) is 2.50. The number of likely N-dealkylation sites (tertiary alicyclic amines) is 1. The molecule has 2 amide bonds. The molecule has 0 aromatic heterocycles. The summed E-state index contributed by atoms with van der Waals surface area (Å²) in [5, 5.41) is 2.74. The van der Waals surface area contributed by atoms with Gasteiger partial charge in [0.15, 0.2) is 0 Å². The van der Waals surface area contributed by atoms with Gasteiger partial charge < -0.3 is 15.1 Å². The summed E-state index contributed by atoms with van der Waals surface area (Å²) >= 11 is 0. The lowest BCUT2D eigenvalue weighted by Crippen LogP contribution is -2.53. The van der Waals surface area contributed by atoms with Gasteiger partial charge in [-0.05, 0) is 32.9 Å². The number of hydrogen-bond acceptors (Lipinski definition) is 3. The molecule has 0 aromatic rings. The molecule has 0 saturated carbocycles. The molecule has 2 atom stereocenters. The molecule has 2 rings (SSSR count). The Morgan fingerprint density at radius 1 is 1.33 bits per heavy atom. The molecule has 0 spiro atoms. The third-order valence-electron chi connectivity index (χ3n) is 3.98. The maximum Gasteiger partial charge on any atom is 0.245 e. The van der Waals surface area contributed by atoms with Crippen LogP contribution in [-0.2, 0) is 9.59 Å². The Kier molecular flexibility index (Phi) is 4.22. The normalized spacial score (nSPS) is 31.1. The highest BCUT2D eigenvalue weighted by molar-refractivity contribution is 5.89. The number of rotatable bonds is 2. The third-order valence-corrected chi connectivity index (χ3v) is 3.98. The number of likely N-dealkylation sites (N-methyl/N-ethyl adjacent to an activating group) is 1. The number of nitrogens with zero attached hydrogens (tertiary/aromatic N) is 2. The van der Waals surface area contributed by atoms with Crippen LogP contribution in [0.2, 0.25) is 0 Å². The molecule has 0 bridgehead atoms. The van der Waals surface area contributed by atoms with E-state index in [4.69, 9.17) is 0 Å². The quantitative estimate of drug-likeness (QED) is 0.765. The van der Waals surface area contributed by atoms with E-state index in [0.29, 0.717) is 13.0 Å². The summed E-state index contributed by atoms with van der Waals surface area (Å²) in [6.45, 7) is 7.60. The average molecular weight is 253 g/mol. The third kappa shape index (κ3) is 2.83. The summed E-state index contributed by atoms with van der Waals surface area (Å²) in [5.41, 5.74) is 0.